The summed E-state index contributed by atoms with van der Waals surface area (Å²) in [7, 11) is 0. The summed E-state index contributed by atoms with van der Waals surface area (Å²) in [6.07, 6.45) is 5.84. The molecule has 3 aromatic carbocycles. The van der Waals surface area contributed by atoms with Gasteiger partial charge < -0.3 is 4.90 Å². The Morgan fingerprint density at radius 2 is 1.57 bits per heavy atom. The zero-order valence-electron chi connectivity index (χ0n) is 20.1. The fraction of sp³-hybridized carbons (Fsp3) is 0.219. The molecule has 0 spiro atoms. The van der Waals surface area contributed by atoms with E-state index in [-0.39, 0.29) is 41.0 Å². The van der Waals surface area contributed by atoms with Gasteiger partial charge >= 0.3 is 0 Å². The second-order valence-electron chi connectivity index (χ2n) is 9.94. The van der Waals surface area contributed by atoms with Gasteiger partial charge in [-0.25, -0.2) is 4.39 Å². The fourth-order valence-electron chi connectivity index (χ4n) is 6.28. The van der Waals surface area contributed by atoms with E-state index in [0.29, 0.717) is 5.56 Å². The summed E-state index contributed by atoms with van der Waals surface area (Å²) >= 11 is 0. The molecule has 2 heterocycles. The van der Waals surface area contributed by atoms with Crippen LogP contribution in [0.15, 0.2) is 96.2 Å². The Kier molecular flexibility index (Phi) is 5.70. The van der Waals surface area contributed by atoms with Gasteiger partial charge in [0.15, 0.2) is 5.78 Å². The predicted molar refractivity (Wildman–Crippen MR) is 138 cm³/mol. The van der Waals surface area contributed by atoms with E-state index in [1.807, 2.05) is 54.7 Å². The molecule has 0 amide bonds. The number of allylic oxidation sites excluding steroid dienone is 1. The van der Waals surface area contributed by atoms with Crippen LogP contribution in [-0.2, 0) is 0 Å². The lowest BCUT2D eigenvalue weighted by Gasteiger charge is -2.35. The Bertz CT molecular complexity index is 1490. The van der Waals surface area contributed by atoms with Gasteiger partial charge in [0.05, 0.1) is 12.1 Å². The fourth-order valence-corrected chi connectivity index (χ4v) is 6.28. The number of rotatable bonds is 5. The summed E-state index contributed by atoms with van der Waals surface area (Å²) in [4.78, 5) is 16.3. The Morgan fingerprint density at radius 3 is 2.24 bits per heavy atom. The van der Waals surface area contributed by atoms with Crippen LogP contribution in [0.5, 0.6) is 0 Å². The van der Waals surface area contributed by atoms with E-state index >= 15 is 0 Å². The zero-order valence-corrected chi connectivity index (χ0v) is 20.1. The average Bonchev–Trinajstić information content (AvgIpc) is 3.72. The number of fused-ring (bicyclic) bond motifs is 3. The number of hydrogen-bond acceptors (Lipinski definition) is 4. The molecule has 2 fully saturated rings. The van der Waals surface area contributed by atoms with Gasteiger partial charge in [0.25, 0.3) is 0 Å². The van der Waals surface area contributed by atoms with Gasteiger partial charge in [-0.2, -0.15) is 10.5 Å². The first-order chi connectivity index (χ1) is 18.1. The minimum Gasteiger partial charge on any atom is -0.359 e. The molecule has 1 saturated heterocycles. The molecule has 5 heteroatoms. The van der Waals surface area contributed by atoms with Crippen LogP contribution in [-0.4, -0.2) is 16.7 Å². The van der Waals surface area contributed by atoms with Gasteiger partial charge in [0.2, 0.25) is 0 Å². The number of nitriles is 2. The maximum Gasteiger partial charge on any atom is 0.185 e. The SMILES string of the molecule is N#CC(C#N)=C(C1CC1)[C@H]1[C@H](c2ccc(F)cc2)[C@@H](C(=O)c2ccccc2)N2C=Cc3ccccc3[C@@H]12. The quantitative estimate of drug-likeness (QED) is 0.303. The highest BCUT2D eigenvalue weighted by molar-refractivity contribution is 6.01. The third kappa shape index (κ3) is 3.85. The topological polar surface area (TPSA) is 67.9 Å². The summed E-state index contributed by atoms with van der Waals surface area (Å²) in [6.45, 7) is 0. The van der Waals surface area contributed by atoms with Crippen LogP contribution in [0.1, 0.15) is 51.8 Å². The molecule has 1 aliphatic carbocycles. The van der Waals surface area contributed by atoms with Crippen molar-refractivity contribution in [1.29, 1.82) is 10.5 Å². The normalized spacial score (nSPS) is 23.4. The minimum atomic E-state index is -0.583. The molecular formula is C32H24FN3O. The van der Waals surface area contributed by atoms with Crippen LogP contribution in [0.25, 0.3) is 6.08 Å². The molecule has 180 valence electrons. The van der Waals surface area contributed by atoms with Crippen LogP contribution in [0.3, 0.4) is 0 Å². The Morgan fingerprint density at radius 1 is 0.892 bits per heavy atom. The van der Waals surface area contributed by atoms with Crippen LogP contribution < -0.4 is 0 Å². The number of carbonyl (C=O) groups is 1. The van der Waals surface area contributed by atoms with Crippen molar-refractivity contribution in [2.24, 2.45) is 11.8 Å². The van der Waals surface area contributed by atoms with Gasteiger partial charge in [-0.05, 0) is 59.2 Å². The van der Waals surface area contributed by atoms with Gasteiger partial charge in [-0.15, -0.1) is 0 Å². The van der Waals surface area contributed by atoms with Crippen LogP contribution in [0, 0.1) is 40.3 Å². The third-order valence-electron chi connectivity index (χ3n) is 7.92. The zero-order chi connectivity index (χ0) is 25.5. The molecule has 2 aliphatic heterocycles. The minimum absolute atomic E-state index is 0.0305. The lowest BCUT2D eigenvalue weighted by Crippen LogP contribution is -2.37. The highest BCUT2D eigenvalue weighted by atomic mass is 19.1. The maximum atomic E-state index is 14.2. The summed E-state index contributed by atoms with van der Waals surface area (Å²) in [5.74, 6) is -0.915. The number of hydrogen-bond donors (Lipinski definition) is 0. The average molecular weight is 486 g/mol. The first kappa shape index (κ1) is 23.0. The number of carbonyl (C=O) groups excluding carboxylic acids is 1. The highest BCUT2D eigenvalue weighted by Gasteiger charge is 2.56. The summed E-state index contributed by atoms with van der Waals surface area (Å²) < 4.78 is 14.0. The Labute approximate surface area is 215 Å². The number of Topliss-reactive ketones (excluding diaryl/α,β-unsaturated/α-hetero) is 1. The molecule has 3 aromatic rings. The molecule has 0 radical (unpaired) electrons. The summed E-state index contributed by atoms with van der Waals surface area (Å²) in [5, 5.41) is 20.0. The monoisotopic (exact) mass is 485 g/mol. The summed E-state index contributed by atoms with van der Waals surface area (Å²) in [6, 6.07) is 27.2. The van der Waals surface area contributed by atoms with Gasteiger partial charge in [-0.3, -0.25) is 4.79 Å². The molecule has 4 nitrogen and oxygen atoms in total. The molecule has 0 aromatic heterocycles. The van der Waals surface area contributed by atoms with Crippen molar-refractivity contribution in [3.8, 4) is 12.1 Å². The van der Waals surface area contributed by atoms with E-state index in [2.05, 4.69) is 29.2 Å². The number of ketones is 1. The van der Waals surface area contributed by atoms with Crippen molar-refractivity contribution in [1.82, 2.24) is 4.90 Å². The predicted octanol–water partition coefficient (Wildman–Crippen LogP) is 6.57. The molecule has 3 aliphatic rings. The molecule has 37 heavy (non-hydrogen) atoms. The molecule has 0 N–H and O–H groups in total. The summed E-state index contributed by atoms with van der Waals surface area (Å²) in [5.41, 5.74) is 4.53. The van der Waals surface area contributed by atoms with E-state index < -0.39 is 6.04 Å². The first-order valence-corrected chi connectivity index (χ1v) is 12.6. The van der Waals surface area contributed by atoms with Crippen molar-refractivity contribution >= 4 is 11.9 Å². The van der Waals surface area contributed by atoms with Crippen molar-refractivity contribution in [3.63, 3.8) is 0 Å². The molecule has 6 rings (SSSR count). The van der Waals surface area contributed by atoms with E-state index in [4.69, 9.17) is 0 Å². The number of benzene rings is 3. The third-order valence-corrected chi connectivity index (χ3v) is 7.92. The van der Waals surface area contributed by atoms with Gasteiger partial charge in [0, 0.05) is 23.6 Å². The van der Waals surface area contributed by atoms with Crippen molar-refractivity contribution < 1.29 is 9.18 Å². The van der Waals surface area contributed by atoms with Crippen molar-refractivity contribution in [2.45, 2.75) is 30.8 Å². The van der Waals surface area contributed by atoms with E-state index in [0.717, 1.165) is 35.1 Å². The lowest BCUT2D eigenvalue weighted by atomic mass is 9.72. The van der Waals surface area contributed by atoms with Crippen LogP contribution >= 0.6 is 0 Å². The van der Waals surface area contributed by atoms with E-state index in [1.54, 1.807) is 12.1 Å². The molecule has 0 bridgehead atoms. The van der Waals surface area contributed by atoms with Gasteiger partial charge in [-0.1, -0.05) is 66.7 Å². The first-order valence-electron chi connectivity index (χ1n) is 12.6. The second-order valence-corrected chi connectivity index (χ2v) is 9.94. The number of halogens is 1. The van der Waals surface area contributed by atoms with E-state index in [1.165, 1.54) is 12.1 Å². The van der Waals surface area contributed by atoms with Crippen molar-refractivity contribution in [3.05, 3.63) is 124 Å². The lowest BCUT2D eigenvalue weighted by molar-refractivity contribution is 0.0874. The molecule has 1 saturated carbocycles. The largest absolute Gasteiger partial charge is 0.359 e. The standard InChI is InChI=1S/C32H24FN3O/c33-25-14-12-22(13-15-25)28-29(27(21-10-11-21)24(18-34)19-35)30-26-9-5-4-6-20(26)16-17-36(30)31(28)32(37)23-7-2-1-3-8-23/h1-9,12-17,21,28-31H,10-11H2/t28-,29-,30-,31-/m0/s1. The van der Waals surface area contributed by atoms with Crippen molar-refractivity contribution in [2.75, 3.05) is 0 Å². The molecular weight excluding hydrogens is 461 g/mol. The second kappa shape index (κ2) is 9.19. The molecule has 0 unspecified atom stereocenters. The van der Waals surface area contributed by atoms with Gasteiger partial charge in [0.1, 0.15) is 23.5 Å². The van der Waals surface area contributed by atoms with E-state index in [9.17, 15) is 19.7 Å². The smallest absolute Gasteiger partial charge is 0.185 e. The Hall–Kier alpha value is -4.48. The highest BCUT2D eigenvalue weighted by Crippen LogP contribution is 2.59. The maximum absolute atomic E-state index is 14.2. The molecule has 4 atom stereocenters. The van der Waals surface area contributed by atoms with Crippen LogP contribution in [0.4, 0.5) is 4.39 Å². The van der Waals surface area contributed by atoms with Crippen LogP contribution in [0.2, 0.25) is 0 Å². The Balaban J connectivity index is 1.63. The number of nitrogens with zero attached hydrogens (tertiary/aromatic N) is 3.